The summed E-state index contributed by atoms with van der Waals surface area (Å²) in [6.45, 7) is 2.65. The smallest absolute Gasteiger partial charge is 0.134 e. The van der Waals surface area contributed by atoms with E-state index in [-0.39, 0.29) is 0 Å². The van der Waals surface area contributed by atoms with E-state index in [9.17, 15) is 0 Å². The van der Waals surface area contributed by atoms with Gasteiger partial charge in [0.1, 0.15) is 23.8 Å². The van der Waals surface area contributed by atoms with Crippen molar-refractivity contribution in [2.24, 2.45) is 7.05 Å². The van der Waals surface area contributed by atoms with Gasteiger partial charge in [0, 0.05) is 26.2 Å². The lowest BCUT2D eigenvalue weighted by Crippen LogP contribution is -2.10. The average molecular weight is 218 g/mol. The second kappa shape index (κ2) is 4.69. The van der Waals surface area contributed by atoms with Crippen LogP contribution in [0.3, 0.4) is 0 Å². The number of aryl methyl sites for hydroxylation is 2. The molecule has 0 aliphatic carbocycles. The summed E-state index contributed by atoms with van der Waals surface area (Å²) < 4.78 is 1.91. The maximum absolute atomic E-state index is 4.25. The van der Waals surface area contributed by atoms with Gasteiger partial charge < -0.3 is 9.88 Å². The quantitative estimate of drug-likeness (QED) is 0.812. The van der Waals surface area contributed by atoms with Crippen LogP contribution in [0.25, 0.3) is 0 Å². The molecule has 0 bridgehead atoms. The summed E-state index contributed by atoms with van der Waals surface area (Å²) in [6, 6.07) is 1.85. The highest BCUT2D eigenvalue weighted by Gasteiger charge is 2.00. The van der Waals surface area contributed by atoms with Gasteiger partial charge in [-0.1, -0.05) is 0 Å². The van der Waals surface area contributed by atoms with Crippen molar-refractivity contribution in [3.05, 3.63) is 30.2 Å². The molecule has 0 radical (unpaired) electrons. The third kappa shape index (κ3) is 2.53. The summed E-state index contributed by atoms with van der Waals surface area (Å²) in [5.41, 5.74) is 0. The predicted octanol–water partition coefficient (Wildman–Crippen LogP) is 0.568. The lowest BCUT2D eigenvalue weighted by Gasteiger charge is -2.05. The van der Waals surface area contributed by atoms with Gasteiger partial charge >= 0.3 is 0 Å². The van der Waals surface area contributed by atoms with Gasteiger partial charge in [0.2, 0.25) is 0 Å². The fourth-order valence-corrected chi connectivity index (χ4v) is 1.39. The maximum atomic E-state index is 4.25. The molecule has 0 aliphatic heterocycles. The molecule has 2 aromatic heterocycles. The van der Waals surface area contributed by atoms with E-state index in [1.165, 1.54) is 0 Å². The van der Waals surface area contributed by atoms with Gasteiger partial charge in [0.25, 0.3) is 0 Å². The Balaban J connectivity index is 1.87. The van der Waals surface area contributed by atoms with Crippen LogP contribution in [0.1, 0.15) is 11.6 Å². The first-order chi connectivity index (χ1) is 7.75. The van der Waals surface area contributed by atoms with Crippen molar-refractivity contribution in [2.75, 3.05) is 11.9 Å². The summed E-state index contributed by atoms with van der Waals surface area (Å²) >= 11 is 0. The van der Waals surface area contributed by atoms with E-state index in [1.807, 2.05) is 24.6 Å². The zero-order valence-corrected chi connectivity index (χ0v) is 9.38. The highest BCUT2D eigenvalue weighted by molar-refractivity contribution is 5.32. The number of hydrogen-bond acceptors (Lipinski definition) is 5. The monoisotopic (exact) mass is 218 g/mol. The third-order valence-electron chi connectivity index (χ3n) is 2.24. The normalized spacial score (nSPS) is 10.4. The van der Waals surface area contributed by atoms with Crippen molar-refractivity contribution in [1.29, 1.82) is 0 Å². The fourth-order valence-electron chi connectivity index (χ4n) is 1.39. The van der Waals surface area contributed by atoms with Gasteiger partial charge in [-0.15, -0.1) is 10.2 Å². The highest BCUT2D eigenvalue weighted by Crippen LogP contribution is 2.01. The zero-order chi connectivity index (χ0) is 11.4. The lowest BCUT2D eigenvalue weighted by atomic mass is 10.4. The molecule has 2 heterocycles. The molecule has 0 saturated carbocycles. The van der Waals surface area contributed by atoms with Crippen LogP contribution >= 0.6 is 0 Å². The first-order valence-electron chi connectivity index (χ1n) is 5.12. The summed E-state index contributed by atoms with van der Waals surface area (Å²) in [6.07, 6.45) is 4.26. The number of anilines is 1. The van der Waals surface area contributed by atoms with Gasteiger partial charge in [-0.05, 0) is 13.0 Å². The van der Waals surface area contributed by atoms with E-state index in [0.29, 0.717) is 0 Å². The van der Waals surface area contributed by atoms with Crippen LogP contribution in [0, 0.1) is 6.92 Å². The van der Waals surface area contributed by atoms with Gasteiger partial charge in [0.05, 0.1) is 0 Å². The first kappa shape index (κ1) is 10.5. The van der Waals surface area contributed by atoms with Gasteiger partial charge in [0.15, 0.2) is 0 Å². The summed E-state index contributed by atoms with van der Waals surface area (Å²) in [4.78, 5) is 8.28. The largest absolute Gasteiger partial charge is 0.370 e. The number of rotatable bonds is 4. The van der Waals surface area contributed by atoms with Crippen LogP contribution in [0.2, 0.25) is 0 Å². The Bertz CT molecular complexity index is 464. The molecular weight excluding hydrogens is 204 g/mol. The van der Waals surface area contributed by atoms with Crippen LogP contribution in [-0.4, -0.2) is 31.3 Å². The number of hydrogen-bond donors (Lipinski definition) is 1. The summed E-state index contributed by atoms with van der Waals surface area (Å²) in [5, 5.41) is 11.0. The van der Waals surface area contributed by atoms with Gasteiger partial charge in [-0.2, -0.15) is 0 Å². The van der Waals surface area contributed by atoms with Gasteiger partial charge in [-0.25, -0.2) is 9.97 Å². The minimum atomic E-state index is 0.767. The predicted molar refractivity (Wildman–Crippen MR) is 60.0 cm³/mol. The van der Waals surface area contributed by atoms with Gasteiger partial charge in [-0.3, -0.25) is 0 Å². The lowest BCUT2D eigenvalue weighted by molar-refractivity contribution is 0.787. The Morgan fingerprint density at radius 3 is 3.00 bits per heavy atom. The van der Waals surface area contributed by atoms with Crippen molar-refractivity contribution in [3.8, 4) is 0 Å². The van der Waals surface area contributed by atoms with Crippen molar-refractivity contribution in [3.63, 3.8) is 0 Å². The Labute approximate surface area is 93.8 Å². The van der Waals surface area contributed by atoms with E-state index in [2.05, 4.69) is 25.5 Å². The molecule has 0 saturated heterocycles. The molecule has 0 atom stereocenters. The number of nitrogens with zero attached hydrogens (tertiary/aromatic N) is 5. The topological polar surface area (TPSA) is 68.5 Å². The van der Waals surface area contributed by atoms with Crippen LogP contribution in [0.15, 0.2) is 18.6 Å². The third-order valence-corrected chi connectivity index (χ3v) is 2.24. The molecule has 0 unspecified atom stereocenters. The molecule has 0 fully saturated rings. The summed E-state index contributed by atoms with van der Waals surface area (Å²) in [5.74, 6) is 2.57. The van der Waals surface area contributed by atoms with E-state index in [1.54, 1.807) is 12.5 Å². The Hall–Kier alpha value is -1.98. The second-order valence-corrected chi connectivity index (χ2v) is 3.52. The second-order valence-electron chi connectivity index (χ2n) is 3.52. The van der Waals surface area contributed by atoms with Crippen LogP contribution in [0.4, 0.5) is 5.82 Å². The zero-order valence-electron chi connectivity index (χ0n) is 9.38. The van der Waals surface area contributed by atoms with E-state index in [0.717, 1.165) is 30.4 Å². The van der Waals surface area contributed by atoms with Crippen LogP contribution < -0.4 is 5.32 Å². The molecular formula is C10H14N6. The molecule has 2 aromatic rings. The number of aromatic nitrogens is 5. The first-order valence-corrected chi connectivity index (χ1v) is 5.12. The van der Waals surface area contributed by atoms with Crippen molar-refractivity contribution in [1.82, 2.24) is 24.7 Å². The SMILES string of the molecule is Cc1nccc(NCCc2nncn2C)n1. The maximum Gasteiger partial charge on any atom is 0.134 e. The fraction of sp³-hybridized carbons (Fsp3) is 0.400. The van der Waals surface area contributed by atoms with E-state index < -0.39 is 0 Å². The Kier molecular flexibility index (Phi) is 3.09. The molecule has 2 rings (SSSR count). The van der Waals surface area contributed by atoms with E-state index >= 15 is 0 Å². The molecule has 0 amide bonds. The van der Waals surface area contributed by atoms with E-state index in [4.69, 9.17) is 0 Å². The van der Waals surface area contributed by atoms with Crippen LogP contribution in [0.5, 0.6) is 0 Å². The minimum Gasteiger partial charge on any atom is -0.370 e. The molecule has 1 N–H and O–H groups in total. The average Bonchev–Trinajstić information content (AvgIpc) is 2.65. The minimum absolute atomic E-state index is 0.767. The van der Waals surface area contributed by atoms with Crippen molar-refractivity contribution in [2.45, 2.75) is 13.3 Å². The molecule has 84 valence electrons. The van der Waals surface area contributed by atoms with Crippen molar-refractivity contribution < 1.29 is 0 Å². The Morgan fingerprint density at radius 1 is 1.44 bits per heavy atom. The number of nitrogens with one attached hydrogen (secondary N) is 1. The standard InChI is InChI=1S/C10H14N6/c1-8-11-5-3-9(14-8)12-6-4-10-15-13-7-16(10)2/h3,5,7H,4,6H2,1-2H3,(H,11,12,14). The molecule has 0 aromatic carbocycles. The Morgan fingerprint density at radius 2 is 2.31 bits per heavy atom. The molecule has 6 heteroatoms. The van der Waals surface area contributed by atoms with Crippen molar-refractivity contribution >= 4 is 5.82 Å². The highest BCUT2D eigenvalue weighted by atomic mass is 15.2. The molecule has 0 aliphatic rings. The molecule has 16 heavy (non-hydrogen) atoms. The molecule has 6 nitrogen and oxygen atoms in total. The molecule has 0 spiro atoms. The summed E-state index contributed by atoms with van der Waals surface area (Å²) in [7, 11) is 1.93. The van der Waals surface area contributed by atoms with Crippen LogP contribution in [-0.2, 0) is 13.5 Å².